The number of hydrogen-bond donors (Lipinski definition) is 2. The Morgan fingerprint density at radius 1 is 1.20 bits per heavy atom. The average molecular weight is 295 g/mol. The van der Waals surface area contributed by atoms with Crippen LogP contribution in [0.1, 0.15) is 20.8 Å². The van der Waals surface area contributed by atoms with Crippen molar-refractivity contribution in [3.05, 3.63) is 58.6 Å². The Balaban J connectivity index is 2.35. The molecule has 1 amide bonds. The van der Waals surface area contributed by atoms with Crippen molar-refractivity contribution in [3.63, 3.8) is 0 Å². The van der Waals surface area contributed by atoms with Gasteiger partial charge in [0.25, 0.3) is 5.91 Å². The quantitative estimate of drug-likeness (QED) is 0.853. The maximum Gasteiger partial charge on any atom is 0.337 e. The van der Waals surface area contributed by atoms with Crippen LogP contribution in [0.15, 0.2) is 36.4 Å². The second-order valence-corrected chi connectivity index (χ2v) is 4.15. The lowest BCUT2D eigenvalue weighted by atomic mass is 10.1. The summed E-state index contributed by atoms with van der Waals surface area (Å²) in [6, 6.07) is 7.84. The largest absolute Gasteiger partial charge is 0.478 e. The van der Waals surface area contributed by atoms with E-state index in [0.717, 1.165) is 6.07 Å². The van der Waals surface area contributed by atoms with Crippen molar-refractivity contribution >= 4 is 29.2 Å². The highest BCUT2D eigenvalue weighted by Crippen LogP contribution is 2.20. The van der Waals surface area contributed by atoms with Gasteiger partial charge < -0.3 is 10.4 Å². The Kier molecular flexibility index (Phi) is 3.95. The third-order valence-corrected chi connectivity index (χ3v) is 2.64. The van der Waals surface area contributed by atoms with Gasteiger partial charge in [0, 0.05) is 0 Å². The van der Waals surface area contributed by atoms with Crippen molar-refractivity contribution < 1.29 is 19.1 Å². The zero-order valence-corrected chi connectivity index (χ0v) is 10.7. The molecule has 1 heterocycles. The molecule has 0 bridgehead atoms. The number of benzene rings is 1. The maximum atomic E-state index is 13.6. The van der Waals surface area contributed by atoms with E-state index in [2.05, 4.69) is 10.3 Å². The summed E-state index contributed by atoms with van der Waals surface area (Å²) >= 11 is 5.65. The van der Waals surface area contributed by atoms with Gasteiger partial charge in [0.15, 0.2) is 0 Å². The zero-order valence-electron chi connectivity index (χ0n) is 9.93. The van der Waals surface area contributed by atoms with Gasteiger partial charge in [-0.25, -0.2) is 14.2 Å². The molecule has 0 saturated carbocycles. The van der Waals surface area contributed by atoms with Crippen molar-refractivity contribution in [2.24, 2.45) is 0 Å². The number of nitrogens with one attached hydrogen (secondary N) is 1. The minimum Gasteiger partial charge on any atom is -0.478 e. The minimum atomic E-state index is -1.35. The predicted molar refractivity (Wildman–Crippen MR) is 70.6 cm³/mol. The summed E-state index contributed by atoms with van der Waals surface area (Å²) in [5.41, 5.74) is -0.802. The highest BCUT2D eigenvalue weighted by atomic mass is 35.5. The molecular formula is C13H8ClFN2O3. The van der Waals surface area contributed by atoms with E-state index in [-0.39, 0.29) is 16.4 Å². The predicted octanol–water partition coefficient (Wildman–Crippen LogP) is 2.82. The summed E-state index contributed by atoms with van der Waals surface area (Å²) in [6.45, 7) is 0. The number of carboxylic acid groups (broad SMARTS) is 1. The number of halogens is 2. The summed E-state index contributed by atoms with van der Waals surface area (Å²) in [4.78, 5) is 26.6. The van der Waals surface area contributed by atoms with Crippen LogP contribution in [0.25, 0.3) is 0 Å². The molecule has 1 aromatic carbocycles. The van der Waals surface area contributed by atoms with Gasteiger partial charge in [-0.3, -0.25) is 4.79 Å². The molecule has 5 nitrogen and oxygen atoms in total. The minimum absolute atomic E-state index is 0.0444. The van der Waals surface area contributed by atoms with E-state index in [1.165, 1.54) is 30.3 Å². The molecule has 7 heteroatoms. The number of rotatable bonds is 3. The summed E-state index contributed by atoms with van der Waals surface area (Å²) in [5, 5.41) is 11.3. The van der Waals surface area contributed by atoms with Crippen molar-refractivity contribution in [3.8, 4) is 0 Å². The first-order chi connectivity index (χ1) is 9.49. The number of amides is 1. The average Bonchev–Trinajstić information content (AvgIpc) is 2.40. The summed E-state index contributed by atoms with van der Waals surface area (Å²) in [7, 11) is 0. The van der Waals surface area contributed by atoms with E-state index in [1.807, 2.05) is 0 Å². The van der Waals surface area contributed by atoms with Gasteiger partial charge in [0.1, 0.15) is 16.7 Å². The van der Waals surface area contributed by atoms with Crippen LogP contribution in [-0.2, 0) is 0 Å². The monoisotopic (exact) mass is 294 g/mol. The number of carbonyl (C=O) groups is 2. The number of hydrogen-bond acceptors (Lipinski definition) is 3. The van der Waals surface area contributed by atoms with Gasteiger partial charge in [-0.2, -0.15) is 0 Å². The molecule has 2 rings (SSSR count). The standard InChI is InChI=1S/C13H8ClFN2O3/c14-10-6-2-5-9(16-10)12(18)17-11-7(13(19)20)3-1-4-8(11)15/h1-6H,(H,17,18)(H,19,20). The highest BCUT2D eigenvalue weighted by Gasteiger charge is 2.18. The van der Waals surface area contributed by atoms with Crippen LogP contribution in [0.3, 0.4) is 0 Å². The number of nitrogens with zero attached hydrogens (tertiary/aromatic N) is 1. The molecule has 0 aliphatic rings. The molecular weight excluding hydrogens is 287 g/mol. The third kappa shape index (κ3) is 2.92. The molecule has 0 saturated heterocycles. The third-order valence-electron chi connectivity index (χ3n) is 2.43. The van der Waals surface area contributed by atoms with E-state index in [4.69, 9.17) is 16.7 Å². The van der Waals surface area contributed by atoms with Gasteiger partial charge in [-0.1, -0.05) is 23.7 Å². The van der Waals surface area contributed by atoms with E-state index in [1.54, 1.807) is 0 Å². The van der Waals surface area contributed by atoms with Gasteiger partial charge in [0.2, 0.25) is 0 Å². The Morgan fingerprint density at radius 2 is 1.90 bits per heavy atom. The first-order valence-corrected chi connectivity index (χ1v) is 5.82. The van der Waals surface area contributed by atoms with Crippen LogP contribution >= 0.6 is 11.6 Å². The lowest BCUT2D eigenvalue weighted by Gasteiger charge is -2.09. The van der Waals surface area contributed by atoms with Crippen molar-refractivity contribution in [2.75, 3.05) is 5.32 Å². The summed E-state index contributed by atoms with van der Waals surface area (Å²) in [6.07, 6.45) is 0. The first kappa shape index (κ1) is 14.0. The van der Waals surface area contributed by atoms with Gasteiger partial charge in [0.05, 0.1) is 11.3 Å². The van der Waals surface area contributed by atoms with Gasteiger partial charge >= 0.3 is 5.97 Å². The fraction of sp³-hybridized carbons (Fsp3) is 0. The van der Waals surface area contributed by atoms with Crippen molar-refractivity contribution in [1.82, 2.24) is 4.98 Å². The first-order valence-electron chi connectivity index (χ1n) is 5.45. The molecule has 0 fully saturated rings. The van der Waals surface area contributed by atoms with Crippen LogP contribution in [0, 0.1) is 5.82 Å². The SMILES string of the molecule is O=C(Nc1c(F)cccc1C(=O)O)c1cccc(Cl)n1. The van der Waals surface area contributed by atoms with E-state index >= 15 is 0 Å². The molecule has 0 aliphatic heterocycles. The van der Waals surface area contributed by atoms with Crippen LogP contribution in [0.5, 0.6) is 0 Å². The Hall–Kier alpha value is -2.47. The fourth-order valence-corrected chi connectivity index (χ4v) is 1.71. The fourth-order valence-electron chi connectivity index (χ4n) is 1.54. The Bertz CT molecular complexity index is 691. The zero-order chi connectivity index (χ0) is 14.7. The maximum absolute atomic E-state index is 13.6. The van der Waals surface area contributed by atoms with Crippen LogP contribution in [-0.4, -0.2) is 22.0 Å². The number of aromatic nitrogens is 1. The Morgan fingerprint density at radius 3 is 2.55 bits per heavy atom. The number of anilines is 1. The smallest absolute Gasteiger partial charge is 0.337 e. The summed E-state index contributed by atoms with van der Waals surface area (Å²) < 4.78 is 13.6. The highest BCUT2D eigenvalue weighted by molar-refractivity contribution is 6.29. The van der Waals surface area contributed by atoms with Crippen molar-refractivity contribution in [1.29, 1.82) is 0 Å². The number of para-hydroxylation sites is 1. The molecule has 102 valence electrons. The molecule has 0 unspecified atom stereocenters. The number of aromatic carboxylic acids is 1. The topological polar surface area (TPSA) is 79.3 Å². The molecule has 0 spiro atoms. The molecule has 0 aliphatic carbocycles. The molecule has 2 N–H and O–H groups in total. The van der Waals surface area contributed by atoms with Crippen LogP contribution in [0.4, 0.5) is 10.1 Å². The normalized spacial score (nSPS) is 10.1. The van der Waals surface area contributed by atoms with Gasteiger partial charge in [-0.15, -0.1) is 0 Å². The van der Waals surface area contributed by atoms with Crippen molar-refractivity contribution in [2.45, 2.75) is 0 Å². The molecule has 2 aromatic rings. The summed E-state index contributed by atoms with van der Waals surface area (Å²) in [5.74, 6) is -2.95. The number of carbonyl (C=O) groups excluding carboxylic acids is 1. The van der Waals surface area contributed by atoms with E-state index in [9.17, 15) is 14.0 Å². The molecule has 20 heavy (non-hydrogen) atoms. The molecule has 0 radical (unpaired) electrons. The second kappa shape index (κ2) is 5.66. The number of pyridine rings is 1. The molecule has 1 aromatic heterocycles. The number of carboxylic acids is 1. The lowest BCUT2D eigenvalue weighted by Crippen LogP contribution is -2.17. The molecule has 0 atom stereocenters. The Labute approximate surface area is 118 Å². The van der Waals surface area contributed by atoms with Crippen LogP contribution < -0.4 is 5.32 Å². The second-order valence-electron chi connectivity index (χ2n) is 3.77. The van der Waals surface area contributed by atoms with E-state index < -0.39 is 23.4 Å². The van der Waals surface area contributed by atoms with E-state index in [0.29, 0.717) is 0 Å². The van der Waals surface area contributed by atoms with Crippen LogP contribution in [0.2, 0.25) is 5.15 Å². The van der Waals surface area contributed by atoms with Gasteiger partial charge in [-0.05, 0) is 24.3 Å². The lowest BCUT2D eigenvalue weighted by molar-refractivity contribution is 0.0697.